The van der Waals surface area contributed by atoms with E-state index in [0.717, 1.165) is 11.3 Å². The van der Waals surface area contributed by atoms with Crippen LogP contribution in [0.5, 0.6) is 0 Å². The fraction of sp³-hybridized carbons (Fsp3) is 0.611. The number of rotatable bonds is 8. The number of carbonyl (C=O) groups excluding carboxylic acids is 1. The Morgan fingerprint density at radius 1 is 1.27 bits per heavy atom. The molecule has 0 saturated heterocycles. The van der Waals surface area contributed by atoms with Crippen LogP contribution in [0.15, 0.2) is 18.2 Å². The molecule has 4 nitrogen and oxygen atoms in total. The van der Waals surface area contributed by atoms with Crippen LogP contribution in [0.1, 0.15) is 51.2 Å². The molecule has 4 heteroatoms. The van der Waals surface area contributed by atoms with Gasteiger partial charge in [0.05, 0.1) is 5.60 Å². The van der Waals surface area contributed by atoms with Gasteiger partial charge in [-0.2, -0.15) is 0 Å². The van der Waals surface area contributed by atoms with Crippen molar-refractivity contribution in [3.05, 3.63) is 29.3 Å². The molecule has 124 valence electrons. The highest BCUT2D eigenvalue weighted by molar-refractivity contribution is 5.91. The van der Waals surface area contributed by atoms with Crippen molar-refractivity contribution in [1.29, 1.82) is 0 Å². The van der Waals surface area contributed by atoms with Gasteiger partial charge in [0.1, 0.15) is 0 Å². The van der Waals surface area contributed by atoms with Crippen molar-refractivity contribution in [3.8, 4) is 0 Å². The second-order valence-electron chi connectivity index (χ2n) is 6.28. The molecule has 0 aliphatic heterocycles. The van der Waals surface area contributed by atoms with Gasteiger partial charge in [-0.1, -0.05) is 31.5 Å². The van der Waals surface area contributed by atoms with Crippen LogP contribution in [-0.2, 0) is 4.79 Å². The zero-order chi connectivity index (χ0) is 16.8. The molecule has 0 spiro atoms. The van der Waals surface area contributed by atoms with Crippen LogP contribution in [0, 0.1) is 13.8 Å². The van der Waals surface area contributed by atoms with E-state index in [2.05, 4.69) is 16.7 Å². The number of hydrogen-bond acceptors (Lipinski definition) is 3. The smallest absolute Gasteiger partial charge is 0.225 e. The van der Waals surface area contributed by atoms with Crippen molar-refractivity contribution < 1.29 is 9.90 Å². The fourth-order valence-electron chi connectivity index (χ4n) is 2.37. The standard InChI is InChI=1S/C18H30N2O2/c1-6-18(22,7-2)12-19-15(5)11-17(21)20-16-9-8-13(3)10-14(16)4/h8-10,15,19,22H,6-7,11-12H2,1-5H3,(H,20,21). The number of anilines is 1. The maximum atomic E-state index is 12.1. The van der Waals surface area contributed by atoms with Crippen molar-refractivity contribution >= 4 is 11.6 Å². The van der Waals surface area contributed by atoms with Gasteiger partial charge in [-0.25, -0.2) is 0 Å². The van der Waals surface area contributed by atoms with Gasteiger partial charge in [0.15, 0.2) is 0 Å². The number of hydrogen-bond donors (Lipinski definition) is 3. The van der Waals surface area contributed by atoms with Crippen molar-refractivity contribution in [3.63, 3.8) is 0 Å². The monoisotopic (exact) mass is 306 g/mol. The third-order valence-electron chi connectivity index (χ3n) is 4.24. The van der Waals surface area contributed by atoms with E-state index in [9.17, 15) is 9.90 Å². The SMILES string of the molecule is CCC(O)(CC)CNC(C)CC(=O)Nc1ccc(C)cc1C. The molecule has 1 unspecified atom stereocenters. The molecule has 0 bridgehead atoms. The summed E-state index contributed by atoms with van der Waals surface area (Å²) in [6.07, 6.45) is 1.80. The van der Waals surface area contributed by atoms with Crippen molar-refractivity contribution in [2.45, 2.75) is 65.5 Å². The molecule has 0 aliphatic rings. The van der Waals surface area contributed by atoms with Crippen molar-refractivity contribution in [2.75, 3.05) is 11.9 Å². The van der Waals surface area contributed by atoms with Crippen LogP contribution < -0.4 is 10.6 Å². The quantitative estimate of drug-likeness (QED) is 0.691. The normalized spacial score (nSPS) is 13.0. The van der Waals surface area contributed by atoms with Crippen molar-refractivity contribution in [1.82, 2.24) is 5.32 Å². The van der Waals surface area contributed by atoms with E-state index in [0.29, 0.717) is 25.8 Å². The summed E-state index contributed by atoms with van der Waals surface area (Å²) >= 11 is 0. The summed E-state index contributed by atoms with van der Waals surface area (Å²) in [4.78, 5) is 12.1. The molecule has 1 atom stereocenters. The third kappa shape index (κ3) is 5.78. The summed E-state index contributed by atoms with van der Waals surface area (Å²) in [6.45, 7) is 10.5. The summed E-state index contributed by atoms with van der Waals surface area (Å²) in [5.41, 5.74) is 2.43. The lowest BCUT2D eigenvalue weighted by Gasteiger charge is -2.27. The molecule has 3 N–H and O–H groups in total. The number of aliphatic hydroxyl groups is 1. The molecular weight excluding hydrogens is 276 g/mol. The maximum absolute atomic E-state index is 12.1. The lowest BCUT2D eigenvalue weighted by molar-refractivity contribution is -0.116. The van der Waals surface area contributed by atoms with Gasteiger partial charge >= 0.3 is 0 Å². The summed E-state index contributed by atoms with van der Waals surface area (Å²) in [5, 5.41) is 16.5. The number of benzene rings is 1. The molecule has 1 aromatic carbocycles. The maximum Gasteiger partial charge on any atom is 0.225 e. The second kappa shape index (κ2) is 8.30. The molecule has 0 aromatic heterocycles. The minimum absolute atomic E-state index is 0.0107. The Morgan fingerprint density at radius 3 is 2.45 bits per heavy atom. The second-order valence-corrected chi connectivity index (χ2v) is 6.28. The summed E-state index contributed by atoms with van der Waals surface area (Å²) in [7, 11) is 0. The Bertz CT molecular complexity index is 496. The molecule has 0 fully saturated rings. The van der Waals surface area contributed by atoms with Gasteiger partial charge in [-0.15, -0.1) is 0 Å². The summed E-state index contributed by atoms with van der Waals surface area (Å²) in [5.74, 6) is -0.0107. The molecule has 0 radical (unpaired) electrons. The van der Waals surface area contributed by atoms with E-state index < -0.39 is 5.60 Å². The predicted molar refractivity (Wildman–Crippen MR) is 92.2 cm³/mol. The van der Waals surface area contributed by atoms with E-state index in [-0.39, 0.29) is 11.9 Å². The lowest BCUT2D eigenvalue weighted by Crippen LogP contribution is -2.43. The number of aryl methyl sites for hydroxylation is 2. The number of nitrogens with one attached hydrogen (secondary N) is 2. The van der Waals surface area contributed by atoms with Crippen LogP contribution >= 0.6 is 0 Å². The minimum atomic E-state index is -0.682. The van der Waals surface area contributed by atoms with Gasteiger partial charge in [0, 0.05) is 24.7 Å². The molecule has 0 heterocycles. The molecule has 1 amide bonds. The highest BCUT2D eigenvalue weighted by Crippen LogP contribution is 2.17. The van der Waals surface area contributed by atoms with Gasteiger partial charge in [-0.05, 0) is 45.2 Å². The fourth-order valence-corrected chi connectivity index (χ4v) is 2.37. The first-order chi connectivity index (χ1) is 10.3. The Balaban J connectivity index is 2.47. The Morgan fingerprint density at radius 2 is 1.91 bits per heavy atom. The average Bonchev–Trinajstić information content (AvgIpc) is 2.47. The van der Waals surface area contributed by atoms with E-state index >= 15 is 0 Å². The van der Waals surface area contributed by atoms with Gasteiger partial charge in [0.25, 0.3) is 0 Å². The first-order valence-electron chi connectivity index (χ1n) is 8.12. The zero-order valence-corrected chi connectivity index (χ0v) is 14.5. The first kappa shape index (κ1) is 18.7. The van der Waals surface area contributed by atoms with Crippen LogP contribution in [0.4, 0.5) is 5.69 Å². The largest absolute Gasteiger partial charge is 0.389 e. The first-order valence-corrected chi connectivity index (χ1v) is 8.12. The lowest BCUT2D eigenvalue weighted by atomic mass is 9.97. The highest BCUT2D eigenvalue weighted by Gasteiger charge is 2.22. The highest BCUT2D eigenvalue weighted by atomic mass is 16.3. The minimum Gasteiger partial charge on any atom is -0.389 e. The van der Waals surface area contributed by atoms with Crippen molar-refractivity contribution in [2.24, 2.45) is 0 Å². The van der Waals surface area contributed by atoms with Gasteiger partial charge < -0.3 is 15.7 Å². The van der Waals surface area contributed by atoms with E-state index in [1.54, 1.807) is 0 Å². The van der Waals surface area contributed by atoms with E-state index in [1.807, 2.05) is 46.8 Å². The summed E-state index contributed by atoms with van der Waals surface area (Å²) in [6, 6.07) is 6.01. The molecule has 1 aromatic rings. The van der Waals surface area contributed by atoms with E-state index in [1.165, 1.54) is 5.56 Å². The molecular formula is C18H30N2O2. The van der Waals surface area contributed by atoms with Crippen LogP contribution in [0.2, 0.25) is 0 Å². The predicted octanol–water partition coefficient (Wildman–Crippen LogP) is 3.16. The van der Waals surface area contributed by atoms with Crippen LogP contribution in [-0.4, -0.2) is 29.2 Å². The molecule has 0 saturated carbocycles. The Hall–Kier alpha value is -1.39. The third-order valence-corrected chi connectivity index (χ3v) is 4.24. The average molecular weight is 306 g/mol. The Labute approximate surface area is 134 Å². The molecule has 22 heavy (non-hydrogen) atoms. The van der Waals surface area contributed by atoms with Crippen LogP contribution in [0.3, 0.4) is 0 Å². The van der Waals surface area contributed by atoms with Crippen LogP contribution in [0.25, 0.3) is 0 Å². The van der Waals surface area contributed by atoms with Gasteiger partial charge in [-0.3, -0.25) is 4.79 Å². The molecule has 0 aliphatic carbocycles. The van der Waals surface area contributed by atoms with E-state index in [4.69, 9.17) is 0 Å². The number of amides is 1. The summed E-state index contributed by atoms with van der Waals surface area (Å²) < 4.78 is 0. The zero-order valence-electron chi connectivity index (χ0n) is 14.5. The van der Waals surface area contributed by atoms with Gasteiger partial charge in [0.2, 0.25) is 5.91 Å². The molecule has 1 rings (SSSR count). The Kier molecular flexibility index (Phi) is 7.04. The number of carbonyl (C=O) groups is 1. The topological polar surface area (TPSA) is 61.4 Å².